The van der Waals surface area contributed by atoms with Crippen molar-refractivity contribution in [1.29, 1.82) is 0 Å². The molecule has 0 aromatic rings. The zero-order valence-electron chi connectivity index (χ0n) is 13.4. The smallest absolute Gasteiger partial charge is 0.317 e. The highest BCUT2D eigenvalue weighted by atomic mass is 19.4. The molecule has 0 amide bonds. The van der Waals surface area contributed by atoms with Crippen LogP contribution in [-0.4, -0.2) is 43.8 Å². The highest BCUT2D eigenvalue weighted by molar-refractivity contribution is 4.90. The van der Waals surface area contributed by atoms with E-state index in [9.17, 15) is 13.2 Å². The van der Waals surface area contributed by atoms with Crippen LogP contribution in [0.3, 0.4) is 0 Å². The maximum absolute atomic E-state index is 12.9. The first-order valence-electron chi connectivity index (χ1n) is 8.27. The number of nitrogens with zero attached hydrogens (tertiary/aromatic N) is 1. The number of halogens is 3. The van der Waals surface area contributed by atoms with Crippen LogP contribution in [-0.2, 0) is 0 Å². The minimum absolute atomic E-state index is 0.193. The number of rotatable bonds is 3. The molecule has 0 aromatic heterocycles. The summed E-state index contributed by atoms with van der Waals surface area (Å²) < 4.78 is 38.8. The lowest BCUT2D eigenvalue weighted by Crippen LogP contribution is -2.50. The molecule has 5 unspecified atom stereocenters. The van der Waals surface area contributed by atoms with E-state index in [-0.39, 0.29) is 6.54 Å². The average Bonchev–Trinajstić information content (AvgIpc) is 2.41. The molecule has 1 N–H and O–H groups in total. The van der Waals surface area contributed by atoms with Crippen molar-refractivity contribution in [3.8, 4) is 0 Å². The highest BCUT2D eigenvalue weighted by Gasteiger charge is 2.43. The molecule has 21 heavy (non-hydrogen) atoms. The maximum Gasteiger partial charge on any atom is 0.393 e. The Labute approximate surface area is 126 Å². The average molecular weight is 306 g/mol. The van der Waals surface area contributed by atoms with Crippen molar-refractivity contribution in [2.45, 2.75) is 51.7 Å². The lowest BCUT2D eigenvalue weighted by molar-refractivity contribution is -0.187. The van der Waals surface area contributed by atoms with Crippen LogP contribution in [0.4, 0.5) is 13.2 Å². The molecule has 1 aliphatic heterocycles. The van der Waals surface area contributed by atoms with E-state index in [1.54, 1.807) is 0 Å². The summed E-state index contributed by atoms with van der Waals surface area (Å²) >= 11 is 0. The minimum Gasteiger partial charge on any atom is -0.317 e. The molecular weight excluding hydrogens is 277 g/mol. The van der Waals surface area contributed by atoms with Crippen molar-refractivity contribution >= 4 is 0 Å². The molecule has 0 bridgehead atoms. The van der Waals surface area contributed by atoms with Crippen LogP contribution in [0.25, 0.3) is 0 Å². The maximum atomic E-state index is 12.9. The Balaban J connectivity index is 1.96. The summed E-state index contributed by atoms with van der Waals surface area (Å²) in [5, 5.41) is 3.40. The van der Waals surface area contributed by atoms with Gasteiger partial charge in [-0.25, -0.2) is 0 Å². The van der Waals surface area contributed by atoms with Crippen LogP contribution in [0.5, 0.6) is 0 Å². The van der Waals surface area contributed by atoms with Crippen molar-refractivity contribution in [2.75, 3.05) is 26.7 Å². The van der Waals surface area contributed by atoms with E-state index in [0.29, 0.717) is 36.6 Å². The third kappa shape index (κ3) is 4.35. The lowest BCUT2D eigenvalue weighted by Gasteiger charge is -2.43. The Morgan fingerprint density at radius 2 is 1.90 bits per heavy atom. The SMILES string of the molecule is CNC1CC(C)CC(C)C1CN1CCCC(C(F)(F)F)C1. The molecule has 124 valence electrons. The second kappa shape index (κ2) is 6.86. The van der Waals surface area contributed by atoms with E-state index >= 15 is 0 Å². The highest BCUT2D eigenvalue weighted by Crippen LogP contribution is 2.37. The van der Waals surface area contributed by atoms with Gasteiger partial charge in [0, 0.05) is 19.1 Å². The van der Waals surface area contributed by atoms with Gasteiger partial charge in [-0.15, -0.1) is 0 Å². The molecule has 5 heteroatoms. The molecule has 0 radical (unpaired) electrons. The van der Waals surface area contributed by atoms with E-state index in [0.717, 1.165) is 19.5 Å². The molecular formula is C16H29F3N2. The normalized spacial score (nSPS) is 39.4. The fourth-order valence-corrected chi connectivity index (χ4v) is 4.34. The van der Waals surface area contributed by atoms with Gasteiger partial charge in [0.2, 0.25) is 0 Å². The molecule has 5 atom stereocenters. The Morgan fingerprint density at radius 1 is 1.19 bits per heavy atom. The quantitative estimate of drug-likeness (QED) is 0.858. The number of hydrogen-bond donors (Lipinski definition) is 1. The van der Waals surface area contributed by atoms with Gasteiger partial charge in [-0.2, -0.15) is 13.2 Å². The summed E-state index contributed by atoms with van der Waals surface area (Å²) in [5.41, 5.74) is 0. The zero-order valence-corrected chi connectivity index (χ0v) is 13.4. The number of hydrogen-bond acceptors (Lipinski definition) is 2. The van der Waals surface area contributed by atoms with Gasteiger partial charge in [0.25, 0.3) is 0 Å². The summed E-state index contributed by atoms with van der Waals surface area (Å²) in [6, 6.07) is 0.440. The Morgan fingerprint density at radius 3 is 2.52 bits per heavy atom. The van der Waals surface area contributed by atoms with Gasteiger partial charge in [0.1, 0.15) is 0 Å². The van der Waals surface area contributed by atoms with E-state index in [2.05, 4.69) is 24.1 Å². The van der Waals surface area contributed by atoms with Gasteiger partial charge in [-0.05, 0) is 57.0 Å². The predicted octanol–water partition coefficient (Wildman–Crippen LogP) is 3.53. The molecule has 2 nitrogen and oxygen atoms in total. The Kier molecular flexibility index (Phi) is 5.58. The summed E-state index contributed by atoms with van der Waals surface area (Å²) in [6.07, 6.45) is -0.728. The summed E-state index contributed by atoms with van der Waals surface area (Å²) in [5.74, 6) is 0.630. The molecule has 1 saturated heterocycles. The summed E-state index contributed by atoms with van der Waals surface area (Å²) in [4.78, 5) is 2.06. The molecule has 2 fully saturated rings. The molecule has 0 aromatic carbocycles. The van der Waals surface area contributed by atoms with Crippen LogP contribution in [0.15, 0.2) is 0 Å². The van der Waals surface area contributed by atoms with E-state index in [1.807, 2.05) is 7.05 Å². The fourth-order valence-electron chi connectivity index (χ4n) is 4.34. The topological polar surface area (TPSA) is 15.3 Å². The van der Waals surface area contributed by atoms with Crippen LogP contribution >= 0.6 is 0 Å². The van der Waals surface area contributed by atoms with Crippen LogP contribution in [0.2, 0.25) is 0 Å². The standard InChI is InChI=1S/C16H29F3N2/c1-11-7-12(2)14(15(8-11)20-3)10-21-6-4-5-13(9-21)16(17,18)19/h11-15,20H,4-10H2,1-3H3. The molecule has 1 saturated carbocycles. The second-order valence-electron chi connectivity index (χ2n) is 7.25. The Hall–Kier alpha value is -0.290. The molecule has 2 aliphatic rings. The number of likely N-dealkylation sites (tertiary alicyclic amines) is 1. The van der Waals surface area contributed by atoms with Crippen molar-refractivity contribution in [3.63, 3.8) is 0 Å². The summed E-state index contributed by atoms with van der Waals surface area (Å²) in [7, 11) is 1.98. The van der Waals surface area contributed by atoms with Crippen LogP contribution in [0, 0.1) is 23.7 Å². The van der Waals surface area contributed by atoms with Crippen molar-refractivity contribution < 1.29 is 13.2 Å². The largest absolute Gasteiger partial charge is 0.393 e. The van der Waals surface area contributed by atoms with Gasteiger partial charge in [-0.3, -0.25) is 0 Å². The van der Waals surface area contributed by atoms with Gasteiger partial charge >= 0.3 is 6.18 Å². The fraction of sp³-hybridized carbons (Fsp3) is 1.00. The monoisotopic (exact) mass is 306 g/mol. The van der Waals surface area contributed by atoms with Gasteiger partial charge in [-0.1, -0.05) is 13.8 Å². The van der Waals surface area contributed by atoms with E-state index in [4.69, 9.17) is 0 Å². The molecule has 1 aliphatic carbocycles. The first-order valence-corrected chi connectivity index (χ1v) is 8.27. The van der Waals surface area contributed by atoms with Crippen molar-refractivity contribution in [1.82, 2.24) is 10.2 Å². The molecule has 1 heterocycles. The summed E-state index contributed by atoms with van der Waals surface area (Å²) in [6.45, 7) is 6.36. The molecule has 2 rings (SSSR count). The van der Waals surface area contributed by atoms with Crippen LogP contribution < -0.4 is 5.32 Å². The predicted molar refractivity (Wildman–Crippen MR) is 79.1 cm³/mol. The zero-order chi connectivity index (χ0) is 15.6. The third-order valence-electron chi connectivity index (χ3n) is 5.49. The second-order valence-corrected chi connectivity index (χ2v) is 7.25. The third-order valence-corrected chi connectivity index (χ3v) is 5.49. The van der Waals surface area contributed by atoms with Crippen molar-refractivity contribution in [3.05, 3.63) is 0 Å². The number of alkyl halides is 3. The van der Waals surface area contributed by atoms with E-state index < -0.39 is 12.1 Å². The van der Waals surface area contributed by atoms with Gasteiger partial charge in [0.05, 0.1) is 5.92 Å². The molecule has 0 spiro atoms. The van der Waals surface area contributed by atoms with Gasteiger partial charge < -0.3 is 10.2 Å². The first-order chi connectivity index (χ1) is 9.81. The lowest BCUT2D eigenvalue weighted by atomic mass is 9.72. The van der Waals surface area contributed by atoms with Crippen molar-refractivity contribution in [2.24, 2.45) is 23.7 Å². The van der Waals surface area contributed by atoms with Gasteiger partial charge in [0.15, 0.2) is 0 Å². The number of nitrogens with one attached hydrogen (secondary N) is 1. The van der Waals surface area contributed by atoms with Crippen LogP contribution in [0.1, 0.15) is 39.5 Å². The minimum atomic E-state index is -4.03. The first kappa shape index (κ1) is 17.1. The Bertz CT molecular complexity index is 332. The number of piperidine rings is 1. The van der Waals surface area contributed by atoms with E-state index in [1.165, 1.54) is 6.42 Å².